The SMILES string of the molecule is COC(=O)c1c(N2CC(O)CC2=O)sc2c1CCC2. The van der Waals surface area contributed by atoms with Gasteiger partial charge in [0.25, 0.3) is 0 Å². The fourth-order valence-electron chi connectivity index (χ4n) is 2.78. The molecule has 0 saturated carbocycles. The van der Waals surface area contributed by atoms with Gasteiger partial charge in [0.2, 0.25) is 5.91 Å². The Morgan fingerprint density at radius 2 is 2.26 bits per heavy atom. The summed E-state index contributed by atoms with van der Waals surface area (Å²) in [5, 5.41) is 10.2. The van der Waals surface area contributed by atoms with E-state index in [0.29, 0.717) is 10.6 Å². The van der Waals surface area contributed by atoms with Gasteiger partial charge in [0.15, 0.2) is 0 Å². The Balaban J connectivity index is 2.06. The van der Waals surface area contributed by atoms with Crippen LogP contribution < -0.4 is 4.90 Å². The van der Waals surface area contributed by atoms with E-state index < -0.39 is 6.10 Å². The van der Waals surface area contributed by atoms with Crippen molar-refractivity contribution in [3.05, 3.63) is 16.0 Å². The first-order chi connectivity index (χ1) is 9.11. The normalized spacial score (nSPS) is 21.9. The third kappa shape index (κ3) is 1.95. The molecule has 0 radical (unpaired) electrons. The molecule has 5 nitrogen and oxygen atoms in total. The van der Waals surface area contributed by atoms with E-state index in [2.05, 4.69) is 0 Å². The average Bonchev–Trinajstić information content (AvgIpc) is 3.01. The number of aliphatic hydroxyl groups is 1. The Kier molecular flexibility index (Phi) is 3.06. The van der Waals surface area contributed by atoms with Crippen LogP contribution in [0, 0.1) is 0 Å². The fourth-order valence-corrected chi connectivity index (χ4v) is 4.18. The Labute approximate surface area is 114 Å². The Bertz CT molecular complexity index is 551. The molecule has 1 unspecified atom stereocenters. The predicted molar refractivity (Wildman–Crippen MR) is 70.7 cm³/mol. The van der Waals surface area contributed by atoms with Crippen molar-refractivity contribution in [2.24, 2.45) is 0 Å². The van der Waals surface area contributed by atoms with Gasteiger partial charge in [-0.1, -0.05) is 0 Å². The van der Waals surface area contributed by atoms with Crippen LogP contribution in [-0.4, -0.2) is 36.7 Å². The lowest BCUT2D eigenvalue weighted by molar-refractivity contribution is -0.117. The topological polar surface area (TPSA) is 66.8 Å². The summed E-state index contributed by atoms with van der Waals surface area (Å²) >= 11 is 1.49. The van der Waals surface area contributed by atoms with Crippen LogP contribution in [0.25, 0.3) is 0 Å². The second kappa shape index (κ2) is 4.61. The van der Waals surface area contributed by atoms with Gasteiger partial charge in [0.05, 0.1) is 31.7 Å². The fraction of sp³-hybridized carbons (Fsp3) is 0.538. The van der Waals surface area contributed by atoms with Crippen molar-refractivity contribution in [2.45, 2.75) is 31.8 Å². The number of thiophene rings is 1. The van der Waals surface area contributed by atoms with Crippen LogP contribution >= 0.6 is 11.3 Å². The van der Waals surface area contributed by atoms with Crippen LogP contribution in [-0.2, 0) is 22.4 Å². The van der Waals surface area contributed by atoms with Crippen molar-refractivity contribution in [2.75, 3.05) is 18.6 Å². The summed E-state index contributed by atoms with van der Waals surface area (Å²) in [6, 6.07) is 0. The largest absolute Gasteiger partial charge is 0.465 e. The maximum absolute atomic E-state index is 12.0. The van der Waals surface area contributed by atoms with Crippen LogP contribution in [0.1, 0.15) is 33.6 Å². The summed E-state index contributed by atoms with van der Waals surface area (Å²) in [5.74, 6) is -0.513. The molecule has 2 heterocycles. The maximum Gasteiger partial charge on any atom is 0.341 e. The minimum atomic E-state index is -0.644. The van der Waals surface area contributed by atoms with Crippen molar-refractivity contribution < 1.29 is 19.4 Å². The highest BCUT2D eigenvalue weighted by atomic mass is 32.1. The predicted octanol–water partition coefficient (Wildman–Crippen LogP) is 1.12. The molecule has 1 N–H and O–H groups in total. The highest BCUT2D eigenvalue weighted by molar-refractivity contribution is 7.17. The second-order valence-electron chi connectivity index (χ2n) is 4.89. The number of anilines is 1. The maximum atomic E-state index is 12.0. The van der Waals surface area contributed by atoms with Gasteiger partial charge in [0, 0.05) is 4.88 Å². The van der Waals surface area contributed by atoms with Crippen molar-refractivity contribution in [3.63, 3.8) is 0 Å². The van der Waals surface area contributed by atoms with Gasteiger partial charge >= 0.3 is 5.97 Å². The number of esters is 1. The number of carbonyl (C=O) groups excluding carboxylic acids is 2. The third-order valence-corrected chi connectivity index (χ3v) is 4.96. The molecule has 1 amide bonds. The van der Waals surface area contributed by atoms with Crippen molar-refractivity contribution >= 4 is 28.2 Å². The van der Waals surface area contributed by atoms with Gasteiger partial charge in [-0.25, -0.2) is 4.79 Å². The molecule has 2 aliphatic rings. The van der Waals surface area contributed by atoms with Gasteiger partial charge in [-0.05, 0) is 24.8 Å². The first-order valence-corrected chi connectivity index (χ1v) is 7.14. The number of hydrogen-bond acceptors (Lipinski definition) is 5. The second-order valence-corrected chi connectivity index (χ2v) is 5.97. The molecule has 1 saturated heterocycles. The summed E-state index contributed by atoms with van der Waals surface area (Å²) in [7, 11) is 1.35. The minimum absolute atomic E-state index is 0.127. The van der Waals surface area contributed by atoms with Gasteiger partial charge in [-0.15, -0.1) is 11.3 Å². The van der Waals surface area contributed by atoms with Crippen LogP contribution in [0.15, 0.2) is 0 Å². The minimum Gasteiger partial charge on any atom is -0.465 e. The first kappa shape index (κ1) is 12.6. The number of aryl methyl sites for hydroxylation is 1. The van der Waals surface area contributed by atoms with E-state index in [1.807, 2.05) is 0 Å². The van der Waals surface area contributed by atoms with Crippen molar-refractivity contribution in [1.82, 2.24) is 0 Å². The lowest BCUT2D eigenvalue weighted by Crippen LogP contribution is -2.26. The summed E-state index contributed by atoms with van der Waals surface area (Å²) < 4.78 is 4.85. The summed E-state index contributed by atoms with van der Waals surface area (Å²) in [6.45, 7) is 0.266. The number of hydrogen-bond donors (Lipinski definition) is 1. The number of fused-ring (bicyclic) bond motifs is 1. The van der Waals surface area contributed by atoms with E-state index in [0.717, 1.165) is 24.8 Å². The number of β-amino-alcohol motifs (C(OH)–C–C–N with tert-alkyl or cyclic N) is 1. The lowest BCUT2D eigenvalue weighted by atomic mass is 10.1. The number of carbonyl (C=O) groups is 2. The number of rotatable bonds is 2. The molecular formula is C13H15NO4S. The molecule has 6 heteroatoms. The number of methoxy groups -OCH3 is 1. The van der Waals surface area contributed by atoms with E-state index in [-0.39, 0.29) is 24.8 Å². The Morgan fingerprint density at radius 3 is 2.89 bits per heavy atom. The van der Waals surface area contributed by atoms with Gasteiger partial charge in [0.1, 0.15) is 5.00 Å². The van der Waals surface area contributed by atoms with Crippen LogP contribution in [0.3, 0.4) is 0 Å². The molecule has 102 valence electrons. The highest BCUT2D eigenvalue weighted by Gasteiger charge is 2.36. The smallest absolute Gasteiger partial charge is 0.341 e. The molecule has 19 heavy (non-hydrogen) atoms. The van der Waals surface area contributed by atoms with Crippen molar-refractivity contribution in [1.29, 1.82) is 0 Å². The van der Waals surface area contributed by atoms with E-state index >= 15 is 0 Å². The standard InChI is InChI=1S/C13H15NO4S/c1-18-13(17)11-8-3-2-4-9(8)19-12(11)14-6-7(15)5-10(14)16/h7,15H,2-6H2,1H3. The molecular weight excluding hydrogens is 266 g/mol. The third-order valence-electron chi connectivity index (χ3n) is 3.64. The van der Waals surface area contributed by atoms with Crippen molar-refractivity contribution in [3.8, 4) is 0 Å². The van der Waals surface area contributed by atoms with Crippen LogP contribution in [0.4, 0.5) is 5.00 Å². The summed E-state index contributed by atoms with van der Waals surface area (Å²) in [5.41, 5.74) is 1.56. The van der Waals surface area contributed by atoms with E-state index in [1.54, 1.807) is 0 Å². The molecule has 1 aliphatic carbocycles. The zero-order valence-electron chi connectivity index (χ0n) is 10.6. The molecule has 0 bridgehead atoms. The summed E-state index contributed by atoms with van der Waals surface area (Å²) in [6.07, 6.45) is 2.34. The molecule has 1 aromatic rings. The number of aliphatic hydroxyl groups excluding tert-OH is 1. The molecule has 1 fully saturated rings. The monoisotopic (exact) mass is 281 g/mol. The van der Waals surface area contributed by atoms with Gasteiger partial charge in [-0.3, -0.25) is 4.79 Å². The lowest BCUT2D eigenvalue weighted by Gasteiger charge is -2.15. The molecule has 1 atom stereocenters. The average molecular weight is 281 g/mol. The van der Waals surface area contributed by atoms with Gasteiger partial charge < -0.3 is 14.7 Å². The molecule has 1 aromatic heterocycles. The van der Waals surface area contributed by atoms with Crippen LogP contribution in [0.2, 0.25) is 0 Å². The molecule has 1 aliphatic heterocycles. The highest BCUT2D eigenvalue weighted by Crippen LogP contribution is 2.42. The zero-order valence-corrected chi connectivity index (χ0v) is 11.5. The number of amides is 1. The zero-order chi connectivity index (χ0) is 13.6. The Hall–Kier alpha value is -1.40. The summed E-state index contributed by atoms with van der Waals surface area (Å²) in [4.78, 5) is 26.6. The van der Waals surface area contributed by atoms with Gasteiger partial charge in [-0.2, -0.15) is 0 Å². The molecule has 3 rings (SSSR count). The van der Waals surface area contributed by atoms with E-state index in [4.69, 9.17) is 4.74 Å². The number of ether oxygens (including phenoxy) is 1. The Morgan fingerprint density at radius 1 is 1.47 bits per heavy atom. The molecule has 0 aromatic carbocycles. The van der Waals surface area contributed by atoms with Crippen LogP contribution in [0.5, 0.6) is 0 Å². The van der Waals surface area contributed by atoms with E-state index in [9.17, 15) is 14.7 Å². The number of nitrogens with zero attached hydrogens (tertiary/aromatic N) is 1. The molecule has 0 spiro atoms. The first-order valence-electron chi connectivity index (χ1n) is 6.33. The quantitative estimate of drug-likeness (QED) is 0.825. The van der Waals surface area contributed by atoms with E-state index in [1.165, 1.54) is 28.2 Å².